The first-order valence-corrected chi connectivity index (χ1v) is 10.8. The molecule has 0 radical (unpaired) electrons. The molecule has 2 aromatic carbocycles. The molecule has 0 aliphatic carbocycles. The average molecular weight is 450 g/mol. The Hall–Kier alpha value is -2.12. The second-order valence-electron chi connectivity index (χ2n) is 6.31. The Labute approximate surface area is 184 Å². The summed E-state index contributed by atoms with van der Waals surface area (Å²) in [5.41, 5.74) is 2.55. The van der Waals surface area contributed by atoms with Gasteiger partial charge < -0.3 is 15.4 Å². The lowest BCUT2D eigenvalue weighted by Gasteiger charge is -2.14. The van der Waals surface area contributed by atoms with E-state index in [4.69, 9.17) is 27.9 Å². The molecular weight excluding hydrogens is 429 g/mol. The number of nitrogens with zero attached hydrogens (tertiary/aromatic N) is 1. The number of hydrogen-bond donors (Lipinski definition) is 2. The van der Waals surface area contributed by atoms with E-state index < -0.39 is 0 Å². The number of thiazole rings is 1. The predicted octanol–water partition coefficient (Wildman–Crippen LogP) is 5.80. The second kappa shape index (κ2) is 10.1. The topological polar surface area (TPSA) is 63.2 Å². The molecule has 0 aliphatic heterocycles. The van der Waals surface area contributed by atoms with Crippen LogP contribution in [0.15, 0.2) is 47.8 Å². The molecule has 2 N–H and O–H groups in total. The van der Waals surface area contributed by atoms with E-state index in [0.717, 1.165) is 16.9 Å². The molecule has 0 saturated carbocycles. The van der Waals surface area contributed by atoms with Crippen LogP contribution in [0.1, 0.15) is 25.5 Å². The summed E-state index contributed by atoms with van der Waals surface area (Å²) in [6.07, 6.45) is 0. The highest BCUT2D eigenvalue weighted by Crippen LogP contribution is 2.32. The van der Waals surface area contributed by atoms with Crippen molar-refractivity contribution in [2.45, 2.75) is 19.9 Å². The van der Waals surface area contributed by atoms with E-state index in [1.165, 1.54) is 11.3 Å². The van der Waals surface area contributed by atoms with Gasteiger partial charge in [0.05, 0.1) is 23.9 Å². The smallest absolute Gasteiger partial charge is 0.240 e. The number of benzene rings is 2. The van der Waals surface area contributed by atoms with Crippen molar-refractivity contribution in [2.24, 2.45) is 0 Å². The Morgan fingerprint density at radius 2 is 1.97 bits per heavy atom. The largest absolute Gasteiger partial charge is 0.494 e. The van der Waals surface area contributed by atoms with Crippen LogP contribution in [0.5, 0.6) is 5.75 Å². The van der Waals surface area contributed by atoms with Gasteiger partial charge in [-0.15, -0.1) is 11.3 Å². The van der Waals surface area contributed by atoms with E-state index in [9.17, 15) is 4.79 Å². The van der Waals surface area contributed by atoms with E-state index in [2.05, 4.69) is 15.6 Å². The van der Waals surface area contributed by atoms with Gasteiger partial charge in [0.25, 0.3) is 0 Å². The lowest BCUT2D eigenvalue weighted by atomic mass is 10.1. The average Bonchev–Trinajstić information content (AvgIpc) is 3.15. The molecule has 5 nitrogen and oxygen atoms in total. The Bertz CT molecular complexity index is 976. The number of halogens is 2. The van der Waals surface area contributed by atoms with Crippen molar-refractivity contribution in [3.8, 4) is 17.0 Å². The minimum atomic E-state index is -0.161. The van der Waals surface area contributed by atoms with Crippen molar-refractivity contribution in [1.29, 1.82) is 0 Å². The second-order valence-corrected chi connectivity index (χ2v) is 8.02. The molecule has 0 spiro atoms. The van der Waals surface area contributed by atoms with Crippen LogP contribution in [0.4, 0.5) is 5.13 Å². The number of amides is 1. The molecule has 8 heteroatoms. The van der Waals surface area contributed by atoms with Gasteiger partial charge in [0.1, 0.15) is 5.75 Å². The molecule has 3 rings (SSSR count). The van der Waals surface area contributed by atoms with Crippen LogP contribution >= 0.6 is 34.5 Å². The third-order valence-corrected chi connectivity index (χ3v) is 5.52. The molecule has 0 fully saturated rings. The summed E-state index contributed by atoms with van der Waals surface area (Å²) in [4.78, 5) is 16.7. The molecule has 1 unspecified atom stereocenters. The number of aromatic nitrogens is 1. The zero-order chi connectivity index (χ0) is 20.8. The van der Waals surface area contributed by atoms with Crippen LogP contribution in [-0.4, -0.2) is 24.0 Å². The third-order valence-electron chi connectivity index (χ3n) is 4.22. The van der Waals surface area contributed by atoms with Crippen LogP contribution in [0, 0.1) is 0 Å². The number of rotatable bonds is 8. The van der Waals surface area contributed by atoms with Crippen molar-refractivity contribution in [2.75, 3.05) is 18.5 Å². The zero-order valence-corrected chi connectivity index (χ0v) is 18.4. The molecule has 1 heterocycles. The van der Waals surface area contributed by atoms with Crippen LogP contribution < -0.4 is 15.4 Å². The van der Waals surface area contributed by atoms with Crippen molar-refractivity contribution in [1.82, 2.24) is 10.3 Å². The number of carbonyl (C=O) groups is 1. The van der Waals surface area contributed by atoms with Crippen molar-refractivity contribution < 1.29 is 9.53 Å². The van der Waals surface area contributed by atoms with Gasteiger partial charge >= 0.3 is 0 Å². The molecular formula is C21H21Cl2N3O2S. The van der Waals surface area contributed by atoms with E-state index in [1.54, 1.807) is 12.1 Å². The highest BCUT2D eigenvalue weighted by Gasteiger charge is 2.12. The first-order chi connectivity index (χ1) is 14.0. The number of ether oxygens (including phenoxy) is 1. The van der Waals surface area contributed by atoms with Gasteiger partial charge in [0, 0.05) is 22.0 Å². The van der Waals surface area contributed by atoms with Gasteiger partial charge in [0.2, 0.25) is 5.91 Å². The first kappa shape index (κ1) is 21.6. The number of anilines is 1. The van der Waals surface area contributed by atoms with Crippen LogP contribution in [-0.2, 0) is 4.79 Å². The van der Waals surface area contributed by atoms with Gasteiger partial charge in [-0.1, -0.05) is 35.3 Å². The van der Waals surface area contributed by atoms with E-state index in [0.29, 0.717) is 27.5 Å². The van der Waals surface area contributed by atoms with E-state index in [1.807, 2.05) is 49.6 Å². The van der Waals surface area contributed by atoms with Crippen molar-refractivity contribution >= 4 is 45.6 Å². The predicted molar refractivity (Wildman–Crippen MR) is 120 cm³/mol. The molecule has 1 atom stereocenters. The quantitative estimate of drug-likeness (QED) is 0.455. The number of nitrogens with one attached hydrogen (secondary N) is 2. The van der Waals surface area contributed by atoms with Crippen LogP contribution in [0.25, 0.3) is 11.3 Å². The van der Waals surface area contributed by atoms with Gasteiger partial charge in [0.15, 0.2) is 5.13 Å². The molecule has 0 aliphatic rings. The summed E-state index contributed by atoms with van der Waals surface area (Å²) in [5.74, 6) is 0.674. The van der Waals surface area contributed by atoms with Crippen LogP contribution in [0.3, 0.4) is 0 Å². The summed E-state index contributed by atoms with van der Waals surface area (Å²) in [5, 5.41) is 9.48. The standard InChI is InChI=1S/C21H21Cl2N3O2S/c1-3-28-16-7-4-14(5-8-16)13(2)24-11-20(27)26-21-25-19(12-29-21)17-9-6-15(22)10-18(17)23/h4-10,12-13,24H,3,11H2,1-2H3,(H,25,26,27). The monoisotopic (exact) mass is 449 g/mol. The Balaban J connectivity index is 1.53. The third kappa shape index (κ3) is 5.93. The summed E-state index contributed by atoms with van der Waals surface area (Å²) >= 11 is 13.5. The van der Waals surface area contributed by atoms with Gasteiger partial charge in [-0.25, -0.2) is 4.98 Å². The van der Waals surface area contributed by atoms with Gasteiger partial charge in [-0.3, -0.25) is 4.79 Å². The summed E-state index contributed by atoms with van der Waals surface area (Å²) < 4.78 is 5.45. The molecule has 29 heavy (non-hydrogen) atoms. The Morgan fingerprint density at radius 3 is 2.66 bits per heavy atom. The number of carbonyl (C=O) groups excluding carboxylic acids is 1. The number of hydrogen-bond acceptors (Lipinski definition) is 5. The fraction of sp³-hybridized carbons (Fsp3) is 0.238. The fourth-order valence-electron chi connectivity index (χ4n) is 2.70. The molecule has 0 saturated heterocycles. The van der Waals surface area contributed by atoms with Crippen molar-refractivity contribution in [3.63, 3.8) is 0 Å². The lowest BCUT2D eigenvalue weighted by molar-refractivity contribution is -0.115. The minimum absolute atomic E-state index is 0.0242. The highest BCUT2D eigenvalue weighted by atomic mass is 35.5. The highest BCUT2D eigenvalue weighted by molar-refractivity contribution is 7.14. The van der Waals surface area contributed by atoms with Crippen LogP contribution in [0.2, 0.25) is 10.0 Å². The maximum atomic E-state index is 12.3. The normalized spacial score (nSPS) is 11.9. The van der Waals surface area contributed by atoms with E-state index >= 15 is 0 Å². The maximum Gasteiger partial charge on any atom is 0.240 e. The summed E-state index contributed by atoms with van der Waals surface area (Å²) in [6.45, 7) is 4.76. The maximum absolute atomic E-state index is 12.3. The fourth-order valence-corrected chi connectivity index (χ4v) is 3.93. The minimum Gasteiger partial charge on any atom is -0.494 e. The van der Waals surface area contributed by atoms with Gasteiger partial charge in [-0.05, 0) is 49.7 Å². The zero-order valence-electron chi connectivity index (χ0n) is 16.0. The summed E-state index contributed by atoms with van der Waals surface area (Å²) in [7, 11) is 0. The molecule has 1 aromatic heterocycles. The lowest BCUT2D eigenvalue weighted by Crippen LogP contribution is -2.30. The van der Waals surface area contributed by atoms with E-state index in [-0.39, 0.29) is 18.5 Å². The Morgan fingerprint density at radius 1 is 1.21 bits per heavy atom. The molecule has 1 amide bonds. The van der Waals surface area contributed by atoms with Gasteiger partial charge in [-0.2, -0.15) is 0 Å². The first-order valence-electron chi connectivity index (χ1n) is 9.13. The van der Waals surface area contributed by atoms with Crippen molar-refractivity contribution in [3.05, 3.63) is 63.5 Å². The molecule has 152 valence electrons. The Kier molecular flexibility index (Phi) is 7.50. The summed E-state index contributed by atoms with van der Waals surface area (Å²) in [6, 6.07) is 13.1. The SMILES string of the molecule is CCOc1ccc(C(C)NCC(=O)Nc2nc(-c3ccc(Cl)cc3Cl)cs2)cc1. The molecule has 0 bridgehead atoms. The molecule has 3 aromatic rings.